The molecule has 2 amide bonds. The Morgan fingerprint density at radius 3 is 2.41 bits per heavy atom. The van der Waals surface area contributed by atoms with Gasteiger partial charge in [0.2, 0.25) is 0 Å². The van der Waals surface area contributed by atoms with Crippen molar-refractivity contribution in [3.63, 3.8) is 0 Å². The number of aromatic nitrogens is 2. The summed E-state index contributed by atoms with van der Waals surface area (Å²) < 4.78 is 0. The van der Waals surface area contributed by atoms with Crippen molar-refractivity contribution in [2.75, 3.05) is 17.2 Å². The van der Waals surface area contributed by atoms with E-state index in [9.17, 15) is 9.59 Å². The maximum atomic E-state index is 13.0. The molecule has 0 saturated heterocycles. The van der Waals surface area contributed by atoms with Gasteiger partial charge in [-0.3, -0.25) is 9.59 Å². The van der Waals surface area contributed by atoms with Gasteiger partial charge in [0.25, 0.3) is 11.8 Å². The average Bonchev–Trinajstić information content (AvgIpc) is 3.38. The van der Waals surface area contributed by atoms with Crippen LogP contribution in [0.25, 0.3) is 21.5 Å². The van der Waals surface area contributed by atoms with Crippen LogP contribution in [0.3, 0.4) is 0 Å². The number of benzene rings is 2. The third kappa shape index (κ3) is 6.48. The van der Waals surface area contributed by atoms with Crippen LogP contribution in [0.2, 0.25) is 0 Å². The van der Waals surface area contributed by atoms with Gasteiger partial charge in [-0.25, -0.2) is 9.97 Å². The fourth-order valence-corrected chi connectivity index (χ4v) is 4.92. The lowest BCUT2D eigenvalue weighted by Gasteiger charge is -2.14. The Morgan fingerprint density at radius 1 is 0.872 bits per heavy atom. The third-order valence-electron chi connectivity index (χ3n) is 6.14. The highest BCUT2D eigenvalue weighted by Gasteiger charge is 2.16. The van der Waals surface area contributed by atoms with Crippen molar-refractivity contribution < 1.29 is 9.59 Å². The van der Waals surface area contributed by atoms with Crippen LogP contribution in [-0.4, -0.2) is 28.3 Å². The average molecular weight is 536 g/mol. The number of hydrogen-bond donors (Lipinski definition) is 3. The molecule has 3 N–H and O–H groups in total. The van der Waals surface area contributed by atoms with Gasteiger partial charge >= 0.3 is 0 Å². The predicted molar refractivity (Wildman–Crippen MR) is 159 cm³/mol. The highest BCUT2D eigenvalue weighted by atomic mass is 32.1. The van der Waals surface area contributed by atoms with E-state index in [0.29, 0.717) is 40.1 Å². The molecule has 7 nitrogen and oxygen atoms in total. The fourth-order valence-electron chi connectivity index (χ4n) is 4.03. The van der Waals surface area contributed by atoms with Gasteiger partial charge < -0.3 is 16.0 Å². The normalized spacial score (nSPS) is 10.9. The van der Waals surface area contributed by atoms with Crippen LogP contribution in [0.5, 0.6) is 0 Å². The largest absolute Gasteiger partial charge is 0.352 e. The van der Waals surface area contributed by atoms with Gasteiger partial charge in [-0.05, 0) is 60.9 Å². The summed E-state index contributed by atoms with van der Waals surface area (Å²) in [6.07, 6.45) is 2.63. The van der Waals surface area contributed by atoms with Gasteiger partial charge in [-0.15, -0.1) is 11.3 Å². The first-order valence-electron chi connectivity index (χ1n) is 12.8. The van der Waals surface area contributed by atoms with Crippen molar-refractivity contribution in [3.8, 4) is 11.3 Å². The lowest BCUT2D eigenvalue weighted by molar-refractivity contribution is 0.0951. The Bertz CT molecular complexity index is 1560. The molecule has 8 heteroatoms. The first kappa shape index (κ1) is 26.1. The van der Waals surface area contributed by atoms with E-state index in [2.05, 4.69) is 34.8 Å². The molecule has 0 aliphatic heterocycles. The van der Waals surface area contributed by atoms with Crippen LogP contribution in [0.4, 0.5) is 17.2 Å². The molecule has 196 valence electrons. The van der Waals surface area contributed by atoms with Crippen LogP contribution in [0, 0.1) is 5.92 Å². The monoisotopic (exact) mass is 535 g/mol. The Hall–Kier alpha value is -4.56. The van der Waals surface area contributed by atoms with Crippen molar-refractivity contribution >= 4 is 50.6 Å². The second kappa shape index (κ2) is 11.9. The smallest absolute Gasteiger partial charge is 0.265 e. The Morgan fingerprint density at radius 2 is 1.67 bits per heavy atom. The lowest BCUT2D eigenvalue weighted by Crippen LogP contribution is -2.26. The molecule has 0 fully saturated rings. The van der Waals surface area contributed by atoms with E-state index in [1.165, 1.54) is 11.3 Å². The number of rotatable bonds is 9. The summed E-state index contributed by atoms with van der Waals surface area (Å²) in [5.74, 6) is 0.646. The van der Waals surface area contributed by atoms with Crippen LogP contribution in [0.1, 0.15) is 40.3 Å². The molecular formula is C31H29N5O2S. The van der Waals surface area contributed by atoms with E-state index in [4.69, 9.17) is 4.98 Å². The lowest BCUT2D eigenvalue weighted by atomic mass is 10.1. The maximum absolute atomic E-state index is 13.0. The minimum absolute atomic E-state index is 0.164. The van der Waals surface area contributed by atoms with Crippen molar-refractivity contribution in [2.45, 2.75) is 20.3 Å². The molecule has 0 spiro atoms. The van der Waals surface area contributed by atoms with Gasteiger partial charge in [-0.1, -0.05) is 50.2 Å². The summed E-state index contributed by atoms with van der Waals surface area (Å²) >= 11 is 1.36. The molecule has 0 bridgehead atoms. The Labute approximate surface area is 231 Å². The summed E-state index contributed by atoms with van der Waals surface area (Å²) in [6, 6.07) is 26.4. The highest BCUT2D eigenvalue weighted by Crippen LogP contribution is 2.27. The molecule has 0 saturated carbocycles. The fraction of sp³-hybridized carbons (Fsp3) is 0.161. The SMILES string of the molecule is CC(C)CCNC(=O)c1ccc(-c2ccc(NC(=O)c3cc4cccnc4s3)cc2)nc1Nc1ccccc1. The summed E-state index contributed by atoms with van der Waals surface area (Å²) in [5, 5.41) is 10.2. The summed E-state index contributed by atoms with van der Waals surface area (Å²) in [7, 11) is 0. The molecular weight excluding hydrogens is 506 g/mol. The van der Waals surface area contributed by atoms with Gasteiger partial charge in [0.15, 0.2) is 0 Å². The van der Waals surface area contributed by atoms with Crippen molar-refractivity contribution in [1.29, 1.82) is 0 Å². The number of nitrogens with one attached hydrogen (secondary N) is 3. The Kier molecular flexibility index (Phi) is 7.94. The molecule has 0 aliphatic rings. The maximum Gasteiger partial charge on any atom is 0.265 e. The minimum atomic E-state index is -0.175. The van der Waals surface area contributed by atoms with Crippen molar-refractivity contribution in [2.24, 2.45) is 5.92 Å². The van der Waals surface area contributed by atoms with Gasteiger partial charge in [-0.2, -0.15) is 0 Å². The summed E-state index contributed by atoms with van der Waals surface area (Å²) in [5.41, 5.74) is 3.57. The highest BCUT2D eigenvalue weighted by molar-refractivity contribution is 7.20. The predicted octanol–water partition coefficient (Wildman–Crippen LogP) is 7.13. The second-order valence-electron chi connectivity index (χ2n) is 9.56. The molecule has 3 aromatic heterocycles. The molecule has 2 aromatic carbocycles. The topological polar surface area (TPSA) is 96.0 Å². The molecule has 0 unspecified atom stereocenters. The van der Waals surface area contributed by atoms with E-state index >= 15 is 0 Å². The van der Waals surface area contributed by atoms with Crippen LogP contribution >= 0.6 is 11.3 Å². The van der Waals surface area contributed by atoms with E-state index in [1.807, 2.05) is 78.9 Å². The molecule has 0 aliphatic carbocycles. The molecule has 39 heavy (non-hydrogen) atoms. The number of amides is 2. The van der Waals surface area contributed by atoms with Gasteiger partial charge in [0.1, 0.15) is 10.6 Å². The molecule has 0 atom stereocenters. The van der Waals surface area contributed by atoms with Crippen molar-refractivity contribution in [3.05, 3.63) is 102 Å². The number of para-hydroxylation sites is 1. The standard InChI is InChI=1S/C31H29N5O2S/c1-20(2)16-18-32-29(37)25-14-15-26(36-28(25)34-23-8-4-3-5-9-23)21-10-12-24(13-11-21)35-30(38)27-19-22-7-6-17-33-31(22)39-27/h3-15,17,19-20H,16,18H2,1-2H3,(H,32,37)(H,34,36)(H,35,38). The van der Waals surface area contributed by atoms with E-state index < -0.39 is 0 Å². The third-order valence-corrected chi connectivity index (χ3v) is 7.20. The number of thiophene rings is 1. The first-order valence-corrected chi connectivity index (χ1v) is 13.7. The molecule has 5 rings (SSSR count). The van der Waals surface area contributed by atoms with E-state index in [1.54, 1.807) is 12.3 Å². The zero-order valence-electron chi connectivity index (χ0n) is 21.8. The number of carbonyl (C=O) groups is 2. The minimum Gasteiger partial charge on any atom is -0.352 e. The van der Waals surface area contributed by atoms with Crippen LogP contribution < -0.4 is 16.0 Å². The Balaban J connectivity index is 1.35. The number of pyridine rings is 2. The number of carbonyl (C=O) groups excluding carboxylic acids is 2. The zero-order chi connectivity index (χ0) is 27.2. The number of fused-ring (bicyclic) bond motifs is 1. The second-order valence-corrected chi connectivity index (χ2v) is 10.6. The van der Waals surface area contributed by atoms with E-state index in [0.717, 1.165) is 27.9 Å². The number of hydrogen-bond acceptors (Lipinski definition) is 6. The van der Waals surface area contributed by atoms with Gasteiger partial charge in [0.05, 0.1) is 16.1 Å². The molecule has 5 aromatic rings. The zero-order valence-corrected chi connectivity index (χ0v) is 22.6. The first-order chi connectivity index (χ1) is 19.0. The summed E-state index contributed by atoms with van der Waals surface area (Å²) in [6.45, 7) is 4.86. The molecule has 3 heterocycles. The van der Waals surface area contributed by atoms with Gasteiger partial charge in [0, 0.05) is 35.1 Å². The number of nitrogens with zero attached hydrogens (tertiary/aromatic N) is 2. The summed E-state index contributed by atoms with van der Waals surface area (Å²) in [4.78, 5) is 36.3. The van der Waals surface area contributed by atoms with Crippen molar-refractivity contribution in [1.82, 2.24) is 15.3 Å². The quantitative estimate of drug-likeness (QED) is 0.187. The van der Waals surface area contributed by atoms with Crippen LogP contribution in [-0.2, 0) is 0 Å². The molecule has 0 radical (unpaired) electrons. The number of anilines is 3. The van der Waals surface area contributed by atoms with Crippen LogP contribution in [0.15, 0.2) is 91.1 Å². The van der Waals surface area contributed by atoms with E-state index in [-0.39, 0.29) is 11.8 Å².